The highest BCUT2D eigenvalue weighted by Gasteiger charge is 2.26. The van der Waals surface area contributed by atoms with E-state index in [1.54, 1.807) is 16.7 Å². The molecule has 3 rings (SSSR count). The Morgan fingerprint density at radius 1 is 0.857 bits per heavy atom. The van der Waals surface area contributed by atoms with Crippen molar-refractivity contribution in [1.82, 2.24) is 4.57 Å². The number of carbonyl (C=O) groups excluding carboxylic acids is 1. The zero-order valence-corrected chi connectivity index (χ0v) is 12.4. The van der Waals surface area contributed by atoms with Gasteiger partial charge in [0.05, 0.1) is 11.0 Å². The molecular formula is C18H17NO2. The van der Waals surface area contributed by atoms with Crippen LogP contribution in [0.4, 0.5) is 0 Å². The van der Waals surface area contributed by atoms with Crippen molar-refractivity contribution in [3.63, 3.8) is 0 Å². The van der Waals surface area contributed by atoms with Gasteiger partial charge in [0.1, 0.15) is 0 Å². The Hall–Kier alpha value is -2.42. The second-order valence-electron chi connectivity index (χ2n) is 6.25. The maximum atomic E-state index is 12.9. The van der Waals surface area contributed by atoms with Crippen LogP contribution in [0.15, 0.2) is 53.3 Å². The predicted octanol–water partition coefficient (Wildman–Crippen LogP) is 3.84. The van der Waals surface area contributed by atoms with Crippen LogP contribution in [0.25, 0.3) is 21.8 Å². The zero-order valence-electron chi connectivity index (χ0n) is 12.4. The quantitative estimate of drug-likeness (QED) is 0.586. The van der Waals surface area contributed by atoms with Crippen LogP contribution in [-0.2, 0) is 0 Å². The first-order valence-corrected chi connectivity index (χ1v) is 6.98. The molecule has 1 aromatic heterocycles. The summed E-state index contributed by atoms with van der Waals surface area (Å²) in [6, 6.07) is 14.5. The molecule has 0 aliphatic heterocycles. The first-order valence-electron chi connectivity index (χ1n) is 6.98. The number of rotatable bonds is 0. The molecule has 0 unspecified atom stereocenters. The molecule has 0 aliphatic carbocycles. The summed E-state index contributed by atoms with van der Waals surface area (Å²) in [5, 5.41) is 1.16. The van der Waals surface area contributed by atoms with Crippen LogP contribution >= 0.6 is 0 Å². The summed E-state index contributed by atoms with van der Waals surface area (Å²) in [6.07, 6.45) is 0. The molecule has 3 nitrogen and oxygen atoms in total. The summed E-state index contributed by atoms with van der Waals surface area (Å²) in [6.45, 7) is 5.66. The summed E-state index contributed by atoms with van der Waals surface area (Å²) < 4.78 is 1.67. The lowest BCUT2D eigenvalue weighted by Gasteiger charge is -2.22. The van der Waals surface area contributed by atoms with Gasteiger partial charge in [-0.1, -0.05) is 45.0 Å². The van der Waals surface area contributed by atoms with Crippen molar-refractivity contribution in [3.8, 4) is 0 Å². The van der Waals surface area contributed by atoms with Gasteiger partial charge in [-0.2, -0.15) is 0 Å². The highest BCUT2D eigenvalue weighted by Crippen LogP contribution is 2.24. The molecule has 3 aromatic rings. The molecule has 0 aliphatic rings. The number of hydrogen-bond acceptors (Lipinski definition) is 2. The molecule has 0 bridgehead atoms. The fourth-order valence-corrected chi connectivity index (χ4v) is 2.55. The van der Waals surface area contributed by atoms with E-state index >= 15 is 0 Å². The van der Waals surface area contributed by atoms with E-state index in [-0.39, 0.29) is 11.3 Å². The monoisotopic (exact) mass is 279 g/mol. The number of carbonyl (C=O) groups is 1. The van der Waals surface area contributed by atoms with Crippen molar-refractivity contribution in [2.45, 2.75) is 20.8 Å². The second-order valence-corrected chi connectivity index (χ2v) is 6.25. The Balaban J connectivity index is 2.59. The van der Waals surface area contributed by atoms with Gasteiger partial charge in [-0.3, -0.25) is 14.2 Å². The van der Waals surface area contributed by atoms with Gasteiger partial charge in [-0.15, -0.1) is 0 Å². The third-order valence-corrected chi connectivity index (χ3v) is 3.62. The molecule has 3 heteroatoms. The van der Waals surface area contributed by atoms with E-state index < -0.39 is 5.41 Å². The van der Waals surface area contributed by atoms with Crippen molar-refractivity contribution in [2.24, 2.45) is 5.41 Å². The first kappa shape index (κ1) is 13.6. The van der Waals surface area contributed by atoms with Gasteiger partial charge in [0.15, 0.2) is 5.43 Å². The minimum Gasteiger partial charge on any atom is -0.288 e. The lowest BCUT2D eigenvalue weighted by molar-refractivity contribution is 0.0777. The summed E-state index contributed by atoms with van der Waals surface area (Å²) in [5.74, 6) is -0.0186. The van der Waals surface area contributed by atoms with E-state index in [0.717, 1.165) is 0 Å². The number of pyridine rings is 1. The molecule has 0 saturated heterocycles. The predicted molar refractivity (Wildman–Crippen MR) is 85.8 cm³/mol. The number of para-hydroxylation sites is 2. The number of fused-ring (bicyclic) bond motifs is 2. The normalized spacial score (nSPS) is 12.0. The van der Waals surface area contributed by atoms with E-state index in [0.29, 0.717) is 21.8 Å². The van der Waals surface area contributed by atoms with Crippen LogP contribution in [0.2, 0.25) is 0 Å². The standard InChI is InChI=1S/C18H17NO2/c1-18(2,3)17(21)19-14-10-6-4-8-12(14)16(20)13-9-5-7-11-15(13)19/h4-11H,1-3H3. The van der Waals surface area contributed by atoms with E-state index in [1.807, 2.05) is 57.2 Å². The number of hydrogen-bond donors (Lipinski definition) is 0. The van der Waals surface area contributed by atoms with Crippen molar-refractivity contribution in [2.75, 3.05) is 0 Å². The van der Waals surface area contributed by atoms with Gasteiger partial charge in [-0.05, 0) is 24.3 Å². The number of aromatic nitrogens is 1. The van der Waals surface area contributed by atoms with Crippen molar-refractivity contribution >= 4 is 27.7 Å². The molecule has 0 N–H and O–H groups in total. The number of benzene rings is 2. The van der Waals surface area contributed by atoms with Crippen molar-refractivity contribution < 1.29 is 4.79 Å². The fourth-order valence-electron chi connectivity index (χ4n) is 2.55. The molecule has 21 heavy (non-hydrogen) atoms. The summed E-state index contributed by atoms with van der Waals surface area (Å²) in [7, 11) is 0. The Morgan fingerprint density at radius 2 is 1.29 bits per heavy atom. The van der Waals surface area contributed by atoms with Gasteiger partial charge < -0.3 is 0 Å². The molecule has 0 atom stereocenters. The molecule has 0 fully saturated rings. The van der Waals surface area contributed by atoms with Gasteiger partial charge in [0, 0.05) is 16.2 Å². The summed E-state index contributed by atoms with van der Waals surface area (Å²) in [5.41, 5.74) is 0.780. The van der Waals surface area contributed by atoms with E-state index in [2.05, 4.69) is 0 Å². The van der Waals surface area contributed by atoms with Crippen LogP contribution in [0, 0.1) is 5.41 Å². The van der Waals surface area contributed by atoms with Crippen molar-refractivity contribution in [3.05, 3.63) is 58.8 Å². The SMILES string of the molecule is CC(C)(C)C(=O)n1c2ccccc2c(=O)c2ccccc21. The highest BCUT2D eigenvalue weighted by molar-refractivity contribution is 6.03. The molecular weight excluding hydrogens is 262 g/mol. The number of nitrogens with zero attached hydrogens (tertiary/aromatic N) is 1. The maximum absolute atomic E-state index is 12.9. The van der Waals surface area contributed by atoms with Gasteiger partial charge in [0.25, 0.3) is 0 Å². The Labute approximate surface area is 122 Å². The zero-order chi connectivity index (χ0) is 15.2. The third kappa shape index (κ3) is 2.05. The van der Waals surface area contributed by atoms with E-state index in [9.17, 15) is 9.59 Å². The molecule has 2 aromatic carbocycles. The Bertz CT molecular complexity index is 854. The molecule has 106 valence electrons. The Kier molecular flexibility index (Phi) is 2.94. The molecule has 0 amide bonds. The van der Waals surface area contributed by atoms with Crippen LogP contribution in [0.1, 0.15) is 25.6 Å². The summed E-state index contributed by atoms with van der Waals surface area (Å²) >= 11 is 0. The van der Waals surface area contributed by atoms with Crippen LogP contribution in [0.5, 0.6) is 0 Å². The van der Waals surface area contributed by atoms with E-state index in [1.165, 1.54) is 0 Å². The smallest absolute Gasteiger partial charge is 0.236 e. The van der Waals surface area contributed by atoms with Gasteiger partial charge in [0.2, 0.25) is 5.91 Å². The fraction of sp³-hybridized carbons (Fsp3) is 0.222. The molecule has 0 spiro atoms. The largest absolute Gasteiger partial charge is 0.288 e. The first-order chi connectivity index (χ1) is 9.91. The lowest BCUT2D eigenvalue weighted by Crippen LogP contribution is -2.28. The highest BCUT2D eigenvalue weighted by atomic mass is 16.2. The van der Waals surface area contributed by atoms with Gasteiger partial charge >= 0.3 is 0 Å². The average molecular weight is 279 g/mol. The minimum atomic E-state index is -0.527. The topological polar surface area (TPSA) is 39.1 Å². The third-order valence-electron chi connectivity index (χ3n) is 3.62. The average Bonchev–Trinajstić information content (AvgIpc) is 2.46. The van der Waals surface area contributed by atoms with Crippen LogP contribution in [-0.4, -0.2) is 10.5 Å². The van der Waals surface area contributed by atoms with E-state index in [4.69, 9.17) is 0 Å². The van der Waals surface area contributed by atoms with Crippen LogP contribution in [0.3, 0.4) is 0 Å². The summed E-state index contributed by atoms with van der Waals surface area (Å²) in [4.78, 5) is 25.5. The van der Waals surface area contributed by atoms with Gasteiger partial charge in [-0.25, -0.2) is 0 Å². The second kappa shape index (κ2) is 4.55. The molecule has 1 heterocycles. The van der Waals surface area contributed by atoms with Crippen molar-refractivity contribution in [1.29, 1.82) is 0 Å². The maximum Gasteiger partial charge on any atom is 0.236 e. The lowest BCUT2D eigenvalue weighted by atomic mass is 9.94. The molecule has 0 saturated carbocycles. The molecule has 0 radical (unpaired) electrons. The van der Waals surface area contributed by atoms with Crippen LogP contribution < -0.4 is 5.43 Å². The minimum absolute atomic E-state index is 0.0186. The Morgan fingerprint density at radius 3 is 1.71 bits per heavy atom.